The summed E-state index contributed by atoms with van der Waals surface area (Å²) in [7, 11) is 1.84. The summed E-state index contributed by atoms with van der Waals surface area (Å²) >= 11 is 0. The van der Waals surface area contributed by atoms with Gasteiger partial charge in [0.1, 0.15) is 5.82 Å². The Labute approximate surface area is 102 Å². The summed E-state index contributed by atoms with van der Waals surface area (Å²) in [5, 5.41) is 10.5. The minimum atomic E-state index is -0.309. The van der Waals surface area contributed by atoms with Crippen LogP contribution < -0.4 is 10.6 Å². The fraction of sp³-hybridized carbons (Fsp3) is 0.667. The number of hydrogen-bond donors (Lipinski definition) is 2. The summed E-state index contributed by atoms with van der Waals surface area (Å²) in [6, 6.07) is 1.89. The summed E-state index contributed by atoms with van der Waals surface area (Å²) in [5.74, 6) is 0.840. The highest BCUT2D eigenvalue weighted by molar-refractivity contribution is 5.94. The van der Waals surface area contributed by atoms with E-state index in [1.54, 1.807) is 4.68 Å². The minimum absolute atomic E-state index is 0.0766. The zero-order valence-corrected chi connectivity index (χ0v) is 10.7. The van der Waals surface area contributed by atoms with Gasteiger partial charge in [-0.25, -0.2) is 0 Å². The second-order valence-electron chi connectivity index (χ2n) is 5.09. The first kappa shape index (κ1) is 12.1. The third kappa shape index (κ3) is 2.49. The predicted octanol–water partition coefficient (Wildman–Crippen LogP) is 1.06. The fourth-order valence-electron chi connectivity index (χ4n) is 2.24. The maximum absolute atomic E-state index is 12.3. The van der Waals surface area contributed by atoms with Crippen molar-refractivity contribution in [3.63, 3.8) is 0 Å². The molecule has 1 aromatic rings. The molecule has 0 aromatic carbocycles. The Morgan fingerprint density at radius 1 is 1.65 bits per heavy atom. The Hall–Kier alpha value is -1.36. The van der Waals surface area contributed by atoms with Crippen LogP contribution >= 0.6 is 0 Å². The fourth-order valence-corrected chi connectivity index (χ4v) is 2.24. The Bertz CT molecular complexity index is 418. The largest absolute Gasteiger partial charge is 0.316 e. The van der Waals surface area contributed by atoms with Crippen LogP contribution in [0.15, 0.2) is 6.07 Å². The first-order valence-corrected chi connectivity index (χ1v) is 6.04. The molecule has 5 nitrogen and oxygen atoms in total. The first-order chi connectivity index (χ1) is 8.01. The van der Waals surface area contributed by atoms with Crippen LogP contribution in [0.4, 0.5) is 5.82 Å². The molecule has 1 atom stereocenters. The number of anilines is 1. The van der Waals surface area contributed by atoms with E-state index in [1.807, 2.05) is 27.0 Å². The van der Waals surface area contributed by atoms with Crippen LogP contribution in [0.3, 0.4) is 0 Å². The van der Waals surface area contributed by atoms with Crippen molar-refractivity contribution in [3.8, 4) is 0 Å². The highest BCUT2D eigenvalue weighted by Crippen LogP contribution is 2.27. The number of piperidine rings is 1. The summed E-state index contributed by atoms with van der Waals surface area (Å²) in [5.41, 5.74) is 0.603. The van der Waals surface area contributed by atoms with Crippen LogP contribution in [0.25, 0.3) is 0 Å². The normalized spacial score (nSPS) is 24.6. The van der Waals surface area contributed by atoms with Crippen molar-refractivity contribution in [1.82, 2.24) is 15.1 Å². The van der Waals surface area contributed by atoms with E-state index in [0.717, 1.165) is 37.4 Å². The van der Waals surface area contributed by atoms with Gasteiger partial charge in [0.05, 0.1) is 11.1 Å². The van der Waals surface area contributed by atoms with Crippen molar-refractivity contribution >= 4 is 11.7 Å². The topological polar surface area (TPSA) is 59.0 Å². The number of rotatable bonds is 2. The number of nitrogens with one attached hydrogen (secondary N) is 2. The van der Waals surface area contributed by atoms with Gasteiger partial charge in [-0.05, 0) is 33.2 Å². The monoisotopic (exact) mass is 236 g/mol. The number of carbonyl (C=O) groups excluding carboxylic acids is 1. The smallest absolute Gasteiger partial charge is 0.232 e. The van der Waals surface area contributed by atoms with Gasteiger partial charge in [0.2, 0.25) is 5.91 Å². The van der Waals surface area contributed by atoms with Crippen molar-refractivity contribution in [2.75, 3.05) is 18.4 Å². The van der Waals surface area contributed by atoms with E-state index in [9.17, 15) is 4.79 Å². The maximum Gasteiger partial charge on any atom is 0.232 e. The minimum Gasteiger partial charge on any atom is -0.316 e. The molecule has 1 aliphatic heterocycles. The molecule has 5 heteroatoms. The number of aromatic nitrogens is 2. The zero-order chi connectivity index (χ0) is 12.5. The molecule has 1 fully saturated rings. The number of hydrogen-bond acceptors (Lipinski definition) is 3. The van der Waals surface area contributed by atoms with Gasteiger partial charge in [-0.1, -0.05) is 0 Å². The predicted molar refractivity (Wildman–Crippen MR) is 66.8 cm³/mol. The third-order valence-electron chi connectivity index (χ3n) is 3.39. The van der Waals surface area contributed by atoms with E-state index < -0.39 is 0 Å². The first-order valence-electron chi connectivity index (χ1n) is 6.04. The lowest BCUT2D eigenvalue weighted by molar-refractivity contribution is -0.125. The zero-order valence-electron chi connectivity index (χ0n) is 10.7. The summed E-state index contributed by atoms with van der Waals surface area (Å²) < 4.78 is 1.70. The number of aryl methyl sites for hydroxylation is 2. The Balaban J connectivity index is 2.08. The van der Waals surface area contributed by atoms with Gasteiger partial charge in [-0.2, -0.15) is 5.10 Å². The number of nitrogens with zero attached hydrogens (tertiary/aromatic N) is 2. The van der Waals surface area contributed by atoms with E-state index >= 15 is 0 Å². The molecule has 1 unspecified atom stereocenters. The van der Waals surface area contributed by atoms with Crippen LogP contribution in [0.5, 0.6) is 0 Å². The second-order valence-corrected chi connectivity index (χ2v) is 5.09. The molecule has 2 N–H and O–H groups in total. The van der Waals surface area contributed by atoms with Crippen molar-refractivity contribution in [3.05, 3.63) is 11.8 Å². The van der Waals surface area contributed by atoms with E-state index in [-0.39, 0.29) is 11.3 Å². The lowest BCUT2D eigenvalue weighted by atomic mass is 9.82. The van der Waals surface area contributed by atoms with Crippen molar-refractivity contribution in [1.29, 1.82) is 0 Å². The van der Waals surface area contributed by atoms with E-state index in [1.165, 1.54) is 0 Å². The molecule has 0 saturated carbocycles. The summed E-state index contributed by atoms with van der Waals surface area (Å²) in [6.07, 6.45) is 1.98. The van der Waals surface area contributed by atoms with Gasteiger partial charge in [-0.15, -0.1) is 0 Å². The average molecular weight is 236 g/mol. The van der Waals surface area contributed by atoms with Crippen LogP contribution in [0.1, 0.15) is 25.5 Å². The van der Waals surface area contributed by atoms with Gasteiger partial charge < -0.3 is 10.6 Å². The third-order valence-corrected chi connectivity index (χ3v) is 3.39. The molecular weight excluding hydrogens is 216 g/mol. The molecule has 1 aromatic heterocycles. The van der Waals surface area contributed by atoms with Crippen molar-refractivity contribution in [2.45, 2.75) is 26.7 Å². The summed E-state index contributed by atoms with van der Waals surface area (Å²) in [4.78, 5) is 12.3. The molecule has 0 aliphatic carbocycles. The van der Waals surface area contributed by atoms with Crippen molar-refractivity contribution < 1.29 is 4.79 Å². The van der Waals surface area contributed by atoms with Gasteiger partial charge in [0.25, 0.3) is 0 Å². The number of carbonyl (C=O) groups is 1. The van der Waals surface area contributed by atoms with Crippen molar-refractivity contribution in [2.24, 2.45) is 12.5 Å². The molecular formula is C12H20N4O. The quantitative estimate of drug-likeness (QED) is 0.807. The summed E-state index contributed by atoms with van der Waals surface area (Å²) in [6.45, 7) is 5.68. The highest BCUT2D eigenvalue weighted by atomic mass is 16.2. The van der Waals surface area contributed by atoms with Gasteiger partial charge in [0.15, 0.2) is 0 Å². The lowest BCUT2D eigenvalue weighted by Gasteiger charge is -2.32. The van der Waals surface area contributed by atoms with Gasteiger partial charge in [-0.3, -0.25) is 9.48 Å². The molecule has 1 amide bonds. The molecule has 1 saturated heterocycles. The Morgan fingerprint density at radius 3 is 2.94 bits per heavy atom. The van der Waals surface area contributed by atoms with E-state index in [4.69, 9.17) is 0 Å². The molecule has 2 rings (SSSR count). The Morgan fingerprint density at radius 2 is 2.41 bits per heavy atom. The van der Waals surface area contributed by atoms with Crippen LogP contribution in [0, 0.1) is 12.3 Å². The standard InChI is InChI=1S/C12H20N4O/c1-9-7-10(16(3)15-9)14-11(17)12(2)5-4-6-13-8-12/h7,13H,4-6,8H2,1-3H3,(H,14,17). The number of amides is 1. The lowest BCUT2D eigenvalue weighted by Crippen LogP contribution is -2.46. The van der Waals surface area contributed by atoms with E-state index in [2.05, 4.69) is 15.7 Å². The SMILES string of the molecule is Cc1cc(NC(=O)C2(C)CCCNC2)n(C)n1. The van der Waals surface area contributed by atoms with Crippen LogP contribution in [-0.2, 0) is 11.8 Å². The van der Waals surface area contributed by atoms with E-state index in [0.29, 0.717) is 0 Å². The molecule has 17 heavy (non-hydrogen) atoms. The molecule has 0 bridgehead atoms. The van der Waals surface area contributed by atoms with Gasteiger partial charge in [0, 0.05) is 19.7 Å². The molecule has 1 aliphatic rings. The Kier molecular flexibility index (Phi) is 3.19. The molecule has 0 spiro atoms. The molecule has 94 valence electrons. The second kappa shape index (κ2) is 4.49. The highest BCUT2D eigenvalue weighted by Gasteiger charge is 2.34. The average Bonchev–Trinajstić information content (AvgIpc) is 2.58. The molecule has 0 radical (unpaired) electrons. The van der Waals surface area contributed by atoms with Crippen LogP contribution in [0.2, 0.25) is 0 Å². The molecule has 2 heterocycles. The maximum atomic E-state index is 12.3. The van der Waals surface area contributed by atoms with Gasteiger partial charge >= 0.3 is 0 Å². The van der Waals surface area contributed by atoms with Crippen LogP contribution in [-0.4, -0.2) is 28.8 Å².